The van der Waals surface area contributed by atoms with Crippen molar-refractivity contribution in [1.29, 1.82) is 0 Å². The quantitative estimate of drug-likeness (QED) is 0.807. The van der Waals surface area contributed by atoms with Crippen LogP contribution in [0.25, 0.3) is 0 Å². The minimum absolute atomic E-state index is 0.0283. The second-order valence-corrected chi connectivity index (χ2v) is 7.72. The molecule has 2 aliphatic rings. The number of amides is 1. The molecule has 30 heavy (non-hydrogen) atoms. The zero-order valence-corrected chi connectivity index (χ0v) is 16.5. The molecular weight excluding hydrogens is 397 g/mol. The first kappa shape index (κ1) is 20.7. The van der Waals surface area contributed by atoms with Crippen LogP contribution in [0.4, 0.5) is 18.9 Å². The summed E-state index contributed by atoms with van der Waals surface area (Å²) in [5, 5.41) is 10.0. The Balaban J connectivity index is 1.61. The third-order valence-corrected chi connectivity index (χ3v) is 6.00. The Hall–Kier alpha value is -2.58. The van der Waals surface area contributed by atoms with Crippen LogP contribution in [-0.4, -0.2) is 54.4 Å². The summed E-state index contributed by atoms with van der Waals surface area (Å²) in [5.41, 5.74) is 2.32. The first-order valence-corrected chi connectivity index (χ1v) is 9.78. The summed E-state index contributed by atoms with van der Waals surface area (Å²) in [5.74, 6) is -0.251. The number of likely N-dealkylation sites (tertiary alicyclic amines) is 1. The molecule has 0 saturated carbocycles. The normalized spacial score (nSPS) is 23.4. The standard InChI is InChI=1S/C22H23F3N2O3/c1-30-15-8-6-14(7-9-15)11-26-18-12-27(20(29)10-22(23,24)25)17-5-3-2-4-16(17)21(18)19(26)13-28/h2-9,18-19,21,28H,10-13H2,1H3/t18-,19-,21+/m1/s1. The summed E-state index contributed by atoms with van der Waals surface area (Å²) in [4.78, 5) is 15.8. The molecule has 1 saturated heterocycles. The summed E-state index contributed by atoms with van der Waals surface area (Å²) >= 11 is 0. The number of carbonyl (C=O) groups is 1. The Morgan fingerprint density at radius 1 is 1.17 bits per heavy atom. The third kappa shape index (κ3) is 3.77. The number of hydrogen-bond acceptors (Lipinski definition) is 4. The highest BCUT2D eigenvalue weighted by molar-refractivity contribution is 5.95. The van der Waals surface area contributed by atoms with Gasteiger partial charge in [0, 0.05) is 36.8 Å². The van der Waals surface area contributed by atoms with E-state index in [1.165, 1.54) is 4.90 Å². The van der Waals surface area contributed by atoms with E-state index >= 15 is 0 Å². The number of anilines is 1. The molecule has 2 aliphatic heterocycles. The van der Waals surface area contributed by atoms with Crippen molar-refractivity contribution in [3.8, 4) is 5.75 Å². The van der Waals surface area contributed by atoms with E-state index in [2.05, 4.69) is 4.90 Å². The molecule has 1 amide bonds. The van der Waals surface area contributed by atoms with Gasteiger partial charge < -0.3 is 14.7 Å². The van der Waals surface area contributed by atoms with Crippen molar-refractivity contribution in [1.82, 2.24) is 4.90 Å². The van der Waals surface area contributed by atoms with Crippen molar-refractivity contribution in [2.75, 3.05) is 25.2 Å². The van der Waals surface area contributed by atoms with Gasteiger partial charge in [-0.25, -0.2) is 0 Å². The molecule has 0 aliphatic carbocycles. The Bertz CT molecular complexity index is 917. The van der Waals surface area contributed by atoms with Crippen LogP contribution in [0, 0.1) is 0 Å². The fraction of sp³-hybridized carbons (Fsp3) is 0.409. The monoisotopic (exact) mass is 420 g/mol. The van der Waals surface area contributed by atoms with Crippen LogP contribution in [0.1, 0.15) is 23.5 Å². The molecule has 5 nitrogen and oxygen atoms in total. The highest BCUT2D eigenvalue weighted by Gasteiger charge is 2.53. The van der Waals surface area contributed by atoms with Crippen LogP contribution in [0.15, 0.2) is 48.5 Å². The first-order valence-electron chi connectivity index (χ1n) is 9.78. The molecule has 0 spiro atoms. The number of benzene rings is 2. The van der Waals surface area contributed by atoms with Gasteiger partial charge in [-0.2, -0.15) is 13.2 Å². The maximum Gasteiger partial charge on any atom is 0.397 e. The lowest BCUT2D eigenvalue weighted by Gasteiger charge is -2.59. The number of ether oxygens (including phenoxy) is 1. The van der Waals surface area contributed by atoms with Crippen LogP contribution < -0.4 is 9.64 Å². The number of halogens is 3. The van der Waals surface area contributed by atoms with Crippen molar-refractivity contribution < 1.29 is 27.8 Å². The van der Waals surface area contributed by atoms with Crippen molar-refractivity contribution in [3.63, 3.8) is 0 Å². The van der Waals surface area contributed by atoms with Gasteiger partial charge >= 0.3 is 6.18 Å². The van der Waals surface area contributed by atoms with E-state index in [4.69, 9.17) is 4.74 Å². The lowest BCUT2D eigenvalue weighted by molar-refractivity contribution is -0.152. The molecule has 160 valence electrons. The molecule has 0 bridgehead atoms. The molecular formula is C22H23F3N2O3. The number of fused-ring (bicyclic) bond motifs is 3. The van der Waals surface area contributed by atoms with Crippen LogP contribution >= 0.6 is 0 Å². The van der Waals surface area contributed by atoms with Gasteiger partial charge in [0.1, 0.15) is 12.2 Å². The molecule has 0 radical (unpaired) electrons. The lowest BCUT2D eigenvalue weighted by atomic mass is 9.71. The molecule has 2 aromatic rings. The van der Waals surface area contributed by atoms with Crippen LogP contribution in [0.2, 0.25) is 0 Å². The fourth-order valence-corrected chi connectivity index (χ4v) is 4.64. The highest BCUT2D eigenvalue weighted by atomic mass is 19.4. The molecule has 1 fully saturated rings. The van der Waals surface area contributed by atoms with E-state index in [0.29, 0.717) is 12.2 Å². The van der Waals surface area contributed by atoms with Gasteiger partial charge in [0.25, 0.3) is 0 Å². The van der Waals surface area contributed by atoms with E-state index in [1.54, 1.807) is 19.2 Å². The van der Waals surface area contributed by atoms with E-state index in [0.717, 1.165) is 16.9 Å². The van der Waals surface area contributed by atoms with E-state index in [-0.39, 0.29) is 31.2 Å². The van der Waals surface area contributed by atoms with Gasteiger partial charge in [-0.05, 0) is 29.3 Å². The van der Waals surface area contributed by atoms with Crippen LogP contribution in [-0.2, 0) is 11.3 Å². The molecule has 0 unspecified atom stereocenters. The number of hydrogen-bond donors (Lipinski definition) is 1. The average molecular weight is 420 g/mol. The van der Waals surface area contributed by atoms with Crippen molar-refractivity contribution in [2.45, 2.75) is 37.1 Å². The topological polar surface area (TPSA) is 53.0 Å². The minimum Gasteiger partial charge on any atom is -0.497 e. The Morgan fingerprint density at radius 3 is 2.50 bits per heavy atom. The predicted octanol–water partition coefficient (Wildman–Crippen LogP) is 3.32. The second-order valence-electron chi connectivity index (χ2n) is 7.72. The minimum atomic E-state index is -4.56. The Morgan fingerprint density at radius 2 is 1.87 bits per heavy atom. The third-order valence-electron chi connectivity index (χ3n) is 6.00. The van der Waals surface area contributed by atoms with Gasteiger partial charge in [-0.1, -0.05) is 30.3 Å². The van der Waals surface area contributed by atoms with E-state index in [1.807, 2.05) is 36.4 Å². The summed E-state index contributed by atoms with van der Waals surface area (Å²) in [6, 6.07) is 14.3. The zero-order chi connectivity index (χ0) is 21.5. The number of rotatable bonds is 5. The molecule has 2 aromatic carbocycles. The molecule has 0 aromatic heterocycles. The number of methoxy groups -OCH3 is 1. The van der Waals surface area contributed by atoms with Crippen molar-refractivity contribution >= 4 is 11.6 Å². The Labute approximate surface area is 172 Å². The maximum absolute atomic E-state index is 12.9. The summed E-state index contributed by atoms with van der Waals surface area (Å²) in [6.45, 7) is 0.630. The summed E-state index contributed by atoms with van der Waals surface area (Å²) in [6.07, 6.45) is -6.04. The van der Waals surface area contributed by atoms with Gasteiger partial charge in [0.15, 0.2) is 0 Å². The number of nitrogens with zero attached hydrogens (tertiary/aromatic N) is 2. The largest absolute Gasteiger partial charge is 0.497 e. The smallest absolute Gasteiger partial charge is 0.397 e. The molecule has 8 heteroatoms. The number of alkyl halides is 3. The van der Waals surface area contributed by atoms with Gasteiger partial charge in [-0.15, -0.1) is 0 Å². The number of aliphatic hydroxyl groups excluding tert-OH is 1. The molecule has 2 heterocycles. The van der Waals surface area contributed by atoms with Gasteiger partial charge in [-0.3, -0.25) is 9.69 Å². The van der Waals surface area contributed by atoms with Crippen molar-refractivity contribution in [2.24, 2.45) is 0 Å². The fourth-order valence-electron chi connectivity index (χ4n) is 4.64. The lowest BCUT2D eigenvalue weighted by Crippen LogP contribution is -2.68. The SMILES string of the molecule is COc1ccc(CN2[C@H](CO)[C@H]3c4ccccc4N(C(=O)CC(F)(F)F)C[C@H]32)cc1. The zero-order valence-electron chi connectivity index (χ0n) is 16.5. The number of para-hydroxylation sites is 1. The van der Waals surface area contributed by atoms with Crippen LogP contribution in [0.5, 0.6) is 5.75 Å². The molecule has 3 atom stereocenters. The first-order chi connectivity index (χ1) is 14.3. The second kappa shape index (κ2) is 7.92. The summed E-state index contributed by atoms with van der Waals surface area (Å²) in [7, 11) is 1.59. The number of aliphatic hydroxyl groups is 1. The molecule has 4 rings (SSSR count). The Kier molecular flexibility index (Phi) is 5.46. The maximum atomic E-state index is 12.9. The highest BCUT2D eigenvalue weighted by Crippen LogP contribution is 2.49. The van der Waals surface area contributed by atoms with Gasteiger partial charge in [0.05, 0.1) is 13.7 Å². The average Bonchev–Trinajstić information content (AvgIpc) is 2.71. The van der Waals surface area contributed by atoms with Gasteiger partial charge in [0.2, 0.25) is 5.91 Å². The molecule has 1 N–H and O–H groups in total. The predicted molar refractivity (Wildman–Crippen MR) is 105 cm³/mol. The summed E-state index contributed by atoms with van der Waals surface area (Å²) < 4.78 is 43.8. The van der Waals surface area contributed by atoms with E-state index < -0.39 is 18.5 Å². The number of carbonyl (C=O) groups excluding carboxylic acids is 1. The van der Waals surface area contributed by atoms with E-state index in [9.17, 15) is 23.1 Å². The van der Waals surface area contributed by atoms with Crippen molar-refractivity contribution in [3.05, 3.63) is 59.7 Å². The van der Waals surface area contributed by atoms with Crippen LogP contribution in [0.3, 0.4) is 0 Å².